The van der Waals surface area contributed by atoms with Gasteiger partial charge in [0.2, 0.25) is 0 Å². The first-order valence-electron chi connectivity index (χ1n) is 0.454. The summed E-state index contributed by atoms with van der Waals surface area (Å²) in [6.45, 7) is 0. The predicted molar refractivity (Wildman–Crippen MR) is 26.5 cm³/mol. The number of hydrogen-bond donors (Lipinski definition) is 0. The molecule has 0 aliphatic carbocycles. The Morgan fingerprint density at radius 2 is 1.75 bits per heavy atom. The molecule has 0 N–H and O–H groups in total. The summed E-state index contributed by atoms with van der Waals surface area (Å²) in [6, 6.07) is 0. The Bertz CT molecular complexity index is 15.5. The minimum absolute atomic E-state index is 0. The zero-order chi connectivity index (χ0) is 2.71. The molecule has 0 rings (SSSR count). The first kappa shape index (κ1) is 8.99. The fourth-order valence-corrected chi connectivity index (χ4v) is 0. The van der Waals surface area contributed by atoms with E-state index in [0.717, 1.165) is 4.29 Å². The van der Waals surface area contributed by atoms with E-state index in [2.05, 4.69) is 0 Å². The molecule has 0 heterocycles. The summed E-state index contributed by atoms with van der Waals surface area (Å²) in [5.41, 5.74) is 0. The predicted octanol–water partition coefficient (Wildman–Crippen LogP) is 0.231. The van der Waals surface area contributed by atoms with E-state index in [0.29, 0.717) is 0 Å². The van der Waals surface area contributed by atoms with Crippen molar-refractivity contribution in [2.45, 2.75) is 0 Å². The molecule has 0 spiro atoms. The molecule has 0 unspecified atom stereocenters. The third kappa shape index (κ3) is 10.4. The summed E-state index contributed by atoms with van der Waals surface area (Å²) in [7, 11) is 0. The van der Waals surface area contributed by atoms with Gasteiger partial charge in [-0.3, -0.25) is 4.79 Å². The van der Waals surface area contributed by atoms with E-state index in [4.69, 9.17) is 4.79 Å². The zero-order valence-electron chi connectivity index (χ0n) is 1.81. The van der Waals surface area contributed by atoms with E-state index in [1.54, 1.807) is 22.6 Å². The number of carbonyl (C=O) groups is 1. The van der Waals surface area contributed by atoms with Gasteiger partial charge in [0.1, 0.15) is 0 Å². The molecule has 4 heavy (non-hydrogen) atoms. The van der Waals surface area contributed by atoms with Crippen molar-refractivity contribution in [2.24, 2.45) is 0 Å². The smallest absolute Gasteiger partial charge is 0.179 e. The minimum atomic E-state index is 0. The Labute approximate surface area is 57.4 Å². The van der Waals surface area contributed by atoms with Gasteiger partial charge in [0.25, 0.3) is 0 Å². The molecule has 1 nitrogen and oxygen atoms in total. The zero-order valence-corrected chi connectivity index (χ0v) is 7.45. The van der Waals surface area contributed by atoms with Gasteiger partial charge < -0.3 is 0 Å². The van der Waals surface area contributed by atoms with Crippen LogP contribution in [-0.4, -0.2) is 30.5 Å². The summed E-state index contributed by atoms with van der Waals surface area (Å²) >= 11 is 1.61. The van der Waals surface area contributed by atoms with E-state index in [-0.39, 0.29) is 26.2 Å². The topological polar surface area (TPSA) is 17.1 Å². The molecular weight excluding hydrogens is 364 g/mol. The Kier molecular flexibility index (Phi) is 19.9. The van der Waals surface area contributed by atoms with Gasteiger partial charge >= 0.3 is 0 Å². The number of rotatable bonds is 0. The van der Waals surface area contributed by atoms with Crippen molar-refractivity contribution in [2.75, 3.05) is 0 Å². The number of carbonyl (C=O) groups excluding carboxylic acids is 1. The van der Waals surface area contributed by atoms with Crippen LogP contribution in [0.15, 0.2) is 0 Å². The summed E-state index contributed by atoms with van der Waals surface area (Å²) in [4.78, 5) is 8.79. The standard InChI is InChI=1S/CHIO.Bi/c2-1-3;/h1H;. The van der Waals surface area contributed by atoms with Gasteiger partial charge in [0.15, 0.2) is 4.29 Å². The molecule has 0 saturated heterocycles. The third-order valence-electron chi connectivity index (χ3n) is 0. The van der Waals surface area contributed by atoms with Gasteiger partial charge in [-0.2, -0.15) is 0 Å². The average molecular weight is 365 g/mol. The van der Waals surface area contributed by atoms with Crippen LogP contribution in [0.5, 0.6) is 0 Å². The molecule has 0 aromatic heterocycles. The van der Waals surface area contributed by atoms with E-state index >= 15 is 0 Å². The second-order valence-corrected chi connectivity index (χ2v) is 0.598. The van der Waals surface area contributed by atoms with Crippen LogP contribution in [0.2, 0.25) is 0 Å². The fourth-order valence-electron chi connectivity index (χ4n) is 0. The van der Waals surface area contributed by atoms with Crippen LogP contribution in [0, 0.1) is 0 Å². The van der Waals surface area contributed by atoms with Crippen molar-refractivity contribution in [1.82, 2.24) is 0 Å². The van der Waals surface area contributed by atoms with Crippen LogP contribution >= 0.6 is 22.6 Å². The molecule has 0 bridgehead atoms. The molecule has 3 radical (unpaired) electrons. The molecule has 0 atom stereocenters. The van der Waals surface area contributed by atoms with Crippen molar-refractivity contribution in [3.63, 3.8) is 0 Å². The van der Waals surface area contributed by atoms with Crippen LogP contribution < -0.4 is 0 Å². The monoisotopic (exact) mass is 365 g/mol. The van der Waals surface area contributed by atoms with Crippen LogP contribution in [0.25, 0.3) is 0 Å². The van der Waals surface area contributed by atoms with Gasteiger partial charge in [-0.25, -0.2) is 0 Å². The molecular formula is CHBiIO. The normalized spacial score (nSPS) is 3.25. The summed E-state index contributed by atoms with van der Waals surface area (Å²) in [6.07, 6.45) is 0. The summed E-state index contributed by atoms with van der Waals surface area (Å²) in [5.74, 6) is 0. The van der Waals surface area contributed by atoms with Crippen molar-refractivity contribution in [3.05, 3.63) is 0 Å². The maximum absolute atomic E-state index is 8.79. The summed E-state index contributed by atoms with van der Waals surface area (Å²) < 4.78 is 0.720. The SMILES string of the molecule is O=CI.[Bi]. The van der Waals surface area contributed by atoms with E-state index in [1.807, 2.05) is 0 Å². The molecule has 0 aromatic rings. The quantitative estimate of drug-likeness (QED) is 0.260. The molecule has 0 aliphatic rings. The second-order valence-electron chi connectivity index (χ2n) is 0.0891. The number of halogens is 1. The first-order valence-corrected chi connectivity index (χ1v) is 1.70. The van der Waals surface area contributed by atoms with Crippen LogP contribution in [0.4, 0.5) is 0 Å². The van der Waals surface area contributed by atoms with Crippen molar-refractivity contribution < 1.29 is 4.79 Å². The maximum Gasteiger partial charge on any atom is 0.179 e. The Morgan fingerprint density at radius 1 is 1.75 bits per heavy atom. The van der Waals surface area contributed by atoms with Gasteiger partial charge in [-0.05, 0) is 22.6 Å². The van der Waals surface area contributed by atoms with Gasteiger partial charge in [0, 0.05) is 26.2 Å². The maximum atomic E-state index is 8.79. The van der Waals surface area contributed by atoms with E-state index < -0.39 is 0 Å². The Hall–Kier alpha value is 1.28. The molecule has 0 aromatic carbocycles. The van der Waals surface area contributed by atoms with E-state index in [1.165, 1.54) is 0 Å². The van der Waals surface area contributed by atoms with Crippen LogP contribution in [0.1, 0.15) is 0 Å². The molecule has 3 heteroatoms. The van der Waals surface area contributed by atoms with Crippen molar-refractivity contribution in [1.29, 1.82) is 0 Å². The molecule has 0 aliphatic heterocycles. The molecule has 23 valence electrons. The third-order valence-corrected chi connectivity index (χ3v) is 0. The first-order chi connectivity index (χ1) is 1.41. The van der Waals surface area contributed by atoms with Crippen molar-refractivity contribution in [3.8, 4) is 0 Å². The fraction of sp³-hybridized carbons (Fsp3) is 0. The summed E-state index contributed by atoms with van der Waals surface area (Å²) in [5, 5.41) is 0. The van der Waals surface area contributed by atoms with Crippen LogP contribution in [0.3, 0.4) is 0 Å². The van der Waals surface area contributed by atoms with Gasteiger partial charge in [0.05, 0.1) is 0 Å². The minimum Gasteiger partial charge on any atom is -0.292 e. The van der Waals surface area contributed by atoms with Gasteiger partial charge in [-0.15, -0.1) is 0 Å². The second kappa shape index (κ2) is 8.86. The molecule has 0 fully saturated rings. The molecule has 0 saturated carbocycles. The van der Waals surface area contributed by atoms with E-state index in [9.17, 15) is 0 Å². The average Bonchev–Trinajstić information content (AvgIpc) is 0.918. The molecule has 0 amide bonds. The number of hydrogen-bond acceptors (Lipinski definition) is 1. The van der Waals surface area contributed by atoms with Gasteiger partial charge in [-0.1, -0.05) is 0 Å². The Morgan fingerprint density at radius 3 is 1.75 bits per heavy atom. The van der Waals surface area contributed by atoms with Crippen molar-refractivity contribution >= 4 is 53.1 Å². The van der Waals surface area contributed by atoms with Crippen LogP contribution in [-0.2, 0) is 4.79 Å². The Balaban J connectivity index is 0. The largest absolute Gasteiger partial charge is 0.292 e.